The van der Waals surface area contributed by atoms with Crippen LogP contribution in [0.3, 0.4) is 0 Å². The normalized spacial score (nSPS) is 15.1. The van der Waals surface area contributed by atoms with E-state index in [0.29, 0.717) is 0 Å². The molecule has 11 heteroatoms. The van der Waals surface area contributed by atoms with Gasteiger partial charge in [-0.15, -0.1) is 0 Å². The Labute approximate surface area is 212 Å². The average Bonchev–Trinajstić information content (AvgIpc) is 2.79. The number of hydrogen-bond donors (Lipinski definition) is 6. The molecule has 0 aromatic heterocycles. The van der Waals surface area contributed by atoms with Crippen LogP contribution < -0.4 is 27.0 Å². The highest BCUT2D eigenvalue weighted by atomic mass is 16.3. The van der Waals surface area contributed by atoms with Gasteiger partial charge in [-0.2, -0.15) is 0 Å². The SMILES string of the molecule is CC(=O)NC(C(=O)NC(Cc1ccccc1)C(=O)NC(C)C(=O)NC(CCC(N)=O)C(C)O)C(C)C. The fourth-order valence-corrected chi connectivity index (χ4v) is 3.49. The lowest BCUT2D eigenvalue weighted by molar-refractivity contribution is -0.134. The molecule has 5 atom stereocenters. The maximum atomic E-state index is 13.1. The molecular formula is C25H39N5O6. The van der Waals surface area contributed by atoms with Gasteiger partial charge in [0.1, 0.15) is 18.1 Å². The predicted molar refractivity (Wildman–Crippen MR) is 134 cm³/mol. The van der Waals surface area contributed by atoms with Crippen LogP contribution >= 0.6 is 0 Å². The van der Waals surface area contributed by atoms with Crippen molar-refractivity contribution in [3.8, 4) is 0 Å². The summed E-state index contributed by atoms with van der Waals surface area (Å²) in [6.45, 7) is 7.79. The molecule has 1 aromatic rings. The Kier molecular flexibility index (Phi) is 12.6. The molecular weight excluding hydrogens is 466 g/mol. The minimum atomic E-state index is -1.02. The van der Waals surface area contributed by atoms with Gasteiger partial charge in [-0.1, -0.05) is 44.2 Å². The standard InChI is InChI=1S/C25H39N5O6/c1-14(2)22(28-17(5)32)25(36)30-20(13-18-9-7-6-8-10-18)24(35)27-15(3)23(34)29-19(16(4)31)11-12-21(26)33/h6-10,14-16,19-20,22,31H,11-13H2,1-5H3,(H2,26,33)(H,27,35)(H,28,32)(H,29,34)(H,30,36). The van der Waals surface area contributed by atoms with Crippen molar-refractivity contribution in [3.05, 3.63) is 35.9 Å². The van der Waals surface area contributed by atoms with E-state index in [-0.39, 0.29) is 31.1 Å². The highest BCUT2D eigenvalue weighted by Gasteiger charge is 2.30. The third-order valence-corrected chi connectivity index (χ3v) is 5.59. The third kappa shape index (κ3) is 10.9. The summed E-state index contributed by atoms with van der Waals surface area (Å²) in [5, 5.41) is 20.4. The van der Waals surface area contributed by atoms with Gasteiger partial charge in [-0.3, -0.25) is 24.0 Å². The molecule has 0 aliphatic rings. The van der Waals surface area contributed by atoms with Crippen molar-refractivity contribution < 1.29 is 29.1 Å². The number of nitrogens with two attached hydrogens (primary N) is 1. The number of carbonyl (C=O) groups is 5. The first kappa shape index (κ1) is 30.6. The molecule has 0 aliphatic carbocycles. The Morgan fingerprint density at radius 2 is 1.47 bits per heavy atom. The second-order valence-electron chi connectivity index (χ2n) is 9.26. The predicted octanol–water partition coefficient (Wildman–Crippen LogP) is -0.490. The molecule has 0 saturated carbocycles. The van der Waals surface area contributed by atoms with Gasteiger partial charge in [0, 0.05) is 19.8 Å². The number of aliphatic hydroxyl groups is 1. The van der Waals surface area contributed by atoms with E-state index in [1.807, 2.05) is 18.2 Å². The van der Waals surface area contributed by atoms with Crippen LogP contribution in [-0.4, -0.2) is 64.9 Å². The summed E-state index contributed by atoms with van der Waals surface area (Å²) in [7, 11) is 0. The van der Waals surface area contributed by atoms with Gasteiger partial charge in [0.05, 0.1) is 12.1 Å². The van der Waals surface area contributed by atoms with Gasteiger partial charge < -0.3 is 32.1 Å². The second-order valence-corrected chi connectivity index (χ2v) is 9.26. The smallest absolute Gasteiger partial charge is 0.243 e. The van der Waals surface area contributed by atoms with E-state index < -0.39 is 53.9 Å². The maximum Gasteiger partial charge on any atom is 0.243 e. The summed E-state index contributed by atoms with van der Waals surface area (Å²) >= 11 is 0. The Morgan fingerprint density at radius 1 is 0.861 bits per heavy atom. The summed E-state index contributed by atoms with van der Waals surface area (Å²) in [5.41, 5.74) is 5.94. The number of aliphatic hydroxyl groups excluding tert-OH is 1. The zero-order valence-corrected chi connectivity index (χ0v) is 21.5. The van der Waals surface area contributed by atoms with Crippen molar-refractivity contribution >= 4 is 29.5 Å². The molecule has 0 radical (unpaired) electrons. The number of carbonyl (C=O) groups excluding carboxylic acids is 5. The summed E-state index contributed by atoms with van der Waals surface area (Å²) in [5.74, 6) is -2.84. The minimum Gasteiger partial charge on any atom is -0.391 e. The molecule has 0 bridgehead atoms. The van der Waals surface area contributed by atoms with Gasteiger partial charge >= 0.3 is 0 Å². The van der Waals surface area contributed by atoms with E-state index in [1.54, 1.807) is 26.0 Å². The number of amides is 5. The summed E-state index contributed by atoms with van der Waals surface area (Å²) in [6, 6.07) is 5.46. The highest BCUT2D eigenvalue weighted by molar-refractivity contribution is 5.94. The monoisotopic (exact) mass is 505 g/mol. The largest absolute Gasteiger partial charge is 0.391 e. The lowest BCUT2D eigenvalue weighted by atomic mass is 10.0. The third-order valence-electron chi connectivity index (χ3n) is 5.59. The molecule has 5 amide bonds. The van der Waals surface area contributed by atoms with E-state index in [2.05, 4.69) is 21.3 Å². The van der Waals surface area contributed by atoms with E-state index in [9.17, 15) is 29.1 Å². The van der Waals surface area contributed by atoms with Crippen LogP contribution in [-0.2, 0) is 30.4 Å². The average molecular weight is 506 g/mol. The summed E-state index contributed by atoms with van der Waals surface area (Å²) in [4.78, 5) is 61.4. The second kappa shape index (κ2) is 14.8. The summed E-state index contributed by atoms with van der Waals surface area (Å²) in [6.07, 6.45) is -0.658. The van der Waals surface area contributed by atoms with Gasteiger partial charge in [0.25, 0.3) is 0 Å². The van der Waals surface area contributed by atoms with Crippen molar-refractivity contribution in [2.75, 3.05) is 0 Å². The van der Waals surface area contributed by atoms with E-state index in [4.69, 9.17) is 5.73 Å². The van der Waals surface area contributed by atoms with Crippen molar-refractivity contribution in [1.29, 1.82) is 0 Å². The Hall–Kier alpha value is -3.47. The molecule has 200 valence electrons. The molecule has 0 spiro atoms. The van der Waals surface area contributed by atoms with Gasteiger partial charge in [-0.25, -0.2) is 0 Å². The fourth-order valence-electron chi connectivity index (χ4n) is 3.49. The summed E-state index contributed by atoms with van der Waals surface area (Å²) < 4.78 is 0. The Bertz CT molecular complexity index is 905. The van der Waals surface area contributed by atoms with Crippen molar-refractivity contribution in [2.45, 2.75) is 84.2 Å². The van der Waals surface area contributed by atoms with Crippen LogP contribution in [0.15, 0.2) is 30.3 Å². The zero-order valence-electron chi connectivity index (χ0n) is 21.5. The van der Waals surface area contributed by atoms with Gasteiger partial charge in [0.2, 0.25) is 29.5 Å². The number of benzene rings is 1. The van der Waals surface area contributed by atoms with Gasteiger partial charge in [-0.05, 0) is 31.7 Å². The molecule has 1 rings (SSSR count). The van der Waals surface area contributed by atoms with Crippen molar-refractivity contribution in [1.82, 2.24) is 21.3 Å². The highest BCUT2D eigenvalue weighted by Crippen LogP contribution is 2.08. The van der Waals surface area contributed by atoms with Crippen LogP contribution in [0, 0.1) is 5.92 Å². The van der Waals surface area contributed by atoms with Crippen LogP contribution in [0.25, 0.3) is 0 Å². The molecule has 0 aliphatic heterocycles. The quantitative estimate of drug-likeness (QED) is 0.198. The molecule has 1 aromatic carbocycles. The fraction of sp³-hybridized carbons (Fsp3) is 0.560. The molecule has 11 nitrogen and oxygen atoms in total. The first-order valence-corrected chi connectivity index (χ1v) is 12.0. The Balaban J connectivity index is 2.98. The lowest BCUT2D eigenvalue weighted by Gasteiger charge is -2.27. The van der Waals surface area contributed by atoms with Crippen LogP contribution in [0.1, 0.15) is 53.0 Å². The van der Waals surface area contributed by atoms with E-state index in [0.717, 1.165) is 5.56 Å². The first-order valence-electron chi connectivity index (χ1n) is 12.0. The lowest BCUT2D eigenvalue weighted by Crippen LogP contribution is -2.58. The topological polar surface area (TPSA) is 180 Å². The first-order chi connectivity index (χ1) is 16.8. The molecule has 36 heavy (non-hydrogen) atoms. The molecule has 0 fully saturated rings. The molecule has 7 N–H and O–H groups in total. The number of rotatable bonds is 14. The zero-order chi connectivity index (χ0) is 27.4. The van der Waals surface area contributed by atoms with Crippen LogP contribution in [0.4, 0.5) is 0 Å². The number of nitrogens with one attached hydrogen (secondary N) is 4. The van der Waals surface area contributed by atoms with Crippen molar-refractivity contribution in [2.24, 2.45) is 11.7 Å². The maximum absolute atomic E-state index is 13.1. The molecule has 0 saturated heterocycles. The number of primary amides is 1. The van der Waals surface area contributed by atoms with E-state index in [1.165, 1.54) is 20.8 Å². The van der Waals surface area contributed by atoms with Crippen LogP contribution in [0.5, 0.6) is 0 Å². The van der Waals surface area contributed by atoms with Crippen molar-refractivity contribution in [3.63, 3.8) is 0 Å². The molecule has 5 unspecified atom stereocenters. The van der Waals surface area contributed by atoms with Gasteiger partial charge in [0.15, 0.2) is 0 Å². The Morgan fingerprint density at radius 3 is 1.97 bits per heavy atom. The minimum absolute atomic E-state index is 0.0207. The van der Waals surface area contributed by atoms with E-state index >= 15 is 0 Å². The number of hydrogen-bond acceptors (Lipinski definition) is 6. The van der Waals surface area contributed by atoms with Crippen LogP contribution in [0.2, 0.25) is 0 Å². The molecule has 0 heterocycles.